The smallest absolute Gasteiger partial charge is 0.178 e. The summed E-state index contributed by atoms with van der Waals surface area (Å²) in [6, 6.07) is 3.52. The number of H-pyrrole nitrogens is 1. The van der Waals surface area contributed by atoms with Gasteiger partial charge in [0.2, 0.25) is 0 Å². The third-order valence-corrected chi connectivity index (χ3v) is 4.54. The molecular formula is C14H16ClFN2S. The van der Waals surface area contributed by atoms with E-state index in [1.807, 2.05) is 0 Å². The molecule has 1 aliphatic carbocycles. The van der Waals surface area contributed by atoms with Crippen LogP contribution < -0.4 is 0 Å². The summed E-state index contributed by atoms with van der Waals surface area (Å²) in [6.45, 7) is 0. The summed E-state index contributed by atoms with van der Waals surface area (Å²) in [4.78, 5) is 3.09. The minimum atomic E-state index is -0.404. The van der Waals surface area contributed by atoms with Crippen molar-refractivity contribution in [2.45, 2.75) is 44.6 Å². The number of hydrogen-bond acceptors (Lipinski definition) is 1. The summed E-state index contributed by atoms with van der Waals surface area (Å²) in [5.74, 6) is -0.404. The van der Waals surface area contributed by atoms with Crippen molar-refractivity contribution in [1.82, 2.24) is 9.55 Å². The van der Waals surface area contributed by atoms with Gasteiger partial charge in [0.15, 0.2) is 4.77 Å². The van der Waals surface area contributed by atoms with Crippen LogP contribution in [0.1, 0.15) is 44.6 Å². The summed E-state index contributed by atoms with van der Waals surface area (Å²) in [6.07, 6.45) is 7.32. The Morgan fingerprint density at radius 2 is 1.89 bits per heavy atom. The van der Waals surface area contributed by atoms with Crippen molar-refractivity contribution in [2.24, 2.45) is 0 Å². The summed E-state index contributed by atoms with van der Waals surface area (Å²) >= 11 is 11.3. The van der Waals surface area contributed by atoms with Gasteiger partial charge in [-0.1, -0.05) is 37.3 Å². The fourth-order valence-corrected chi connectivity index (χ4v) is 3.51. The Hall–Kier alpha value is -0.870. The topological polar surface area (TPSA) is 20.7 Å². The number of fused-ring (bicyclic) bond motifs is 1. The Kier molecular flexibility index (Phi) is 3.63. The van der Waals surface area contributed by atoms with Crippen LogP contribution in [0.3, 0.4) is 0 Å². The second kappa shape index (κ2) is 5.25. The van der Waals surface area contributed by atoms with E-state index in [-0.39, 0.29) is 5.02 Å². The van der Waals surface area contributed by atoms with Gasteiger partial charge in [-0.2, -0.15) is 0 Å². The Morgan fingerprint density at radius 3 is 2.58 bits per heavy atom. The lowest BCUT2D eigenvalue weighted by molar-refractivity contribution is 0.450. The standard InChI is InChI=1S/C14H16ClFN2S/c15-10-7-13-12(8-11(10)16)17-14(19)18(13)9-5-3-1-2-4-6-9/h7-9H,1-6H2,(H,17,19). The highest BCUT2D eigenvalue weighted by molar-refractivity contribution is 7.71. The lowest BCUT2D eigenvalue weighted by Gasteiger charge is -2.17. The highest BCUT2D eigenvalue weighted by Crippen LogP contribution is 2.32. The molecule has 0 unspecified atom stereocenters. The highest BCUT2D eigenvalue weighted by atomic mass is 35.5. The Bertz CT molecular complexity index is 653. The number of nitrogens with one attached hydrogen (secondary N) is 1. The van der Waals surface area contributed by atoms with Crippen LogP contribution in [0.5, 0.6) is 0 Å². The van der Waals surface area contributed by atoms with Gasteiger partial charge in [0.05, 0.1) is 16.1 Å². The molecule has 1 N–H and O–H groups in total. The second-order valence-corrected chi connectivity index (χ2v) is 6.02. The summed E-state index contributed by atoms with van der Waals surface area (Å²) in [7, 11) is 0. The average molecular weight is 299 g/mol. The summed E-state index contributed by atoms with van der Waals surface area (Å²) in [5, 5.41) is 0.156. The van der Waals surface area contributed by atoms with Gasteiger partial charge in [0.1, 0.15) is 5.82 Å². The van der Waals surface area contributed by atoms with Crippen LogP contribution in [0.15, 0.2) is 12.1 Å². The lowest BCUT2D eigenvalue weighted by atomic mass is 10.1. The van der Waals surface area contributed by atoms with Gasteiger partial charge in [-0.05, 0) is 31.1 Å². The normalized spacial score (nSPS) is 17.8. The summed E-state index contributed by atoms with van der Waals surface area (Å²) in [5.41, 5.74) is 1.65. The van der Waals surface area contributed by atoms with Gasteiger partial charge in [0, 0.05) is 12.1 Å². The third-order valence-electron chi connectivity index (χ3n) is 3.95. The minimum absolute atomic E-state index is 0.156. The van der Waals surface area contributed by atoms with Crippen molar-refractivity contribution in [3.8, 4) is 0 Å². The highest BCUT2D eigenvalue weighted by Gasteiger charge is 2.18. The summed E-state index contributed by atoms with van der Waals surface area (Å²) < 4.78 is 16.3. The van der Waals surface area contributed by atoms with E-state index in [9.17, 15) is 4.39 Å². The van der Waals surface area contributed by atoms with Crippen LogP contribution in [0.2, 0.25) is 5.02 Å². The molecule has 1 heterocycles. The Balaban J connectivity index is 2.14. The van der Waals surface area contributed by atoms with Gasteiger partial charge in [-0.25, -0.2) is 4.39 Å². The molecule has 0 bridgehead atoms. The molecule has 0 radical (unpaired) electrons. The molecule has 1 aromatic heterocycles. The maximum absolute atomic E-state index is 13.5. The molecule has 0 atom stereocenters. The minimum Gasteiger partial charge on any atom is -0.330 e. The Morgan fingerprint density at radius 1 is 1.21 bits per heavy atom. The van der Waals surface area contributed by atoms with Crippen LogP contribution in [0, 0.1) is 10.6 Å². The van der Waals surface area contributed by atoms with Crippen molar-refractivity contribution >= 4 is 34.9 Å². The molecular weight excluding hydrogens is 283 g/mol. The van der Waals surface area contributed by atoms with Gasteiger partial charge in [-0.3, -0.25) is 0 Å². The van der Waals surface area contributed by atoms with Gasteiger partial charge in [-0.15, -0.1) is 0 Å². The molecule has 1 aromatic carbocycles. The fraction of sp³-hybridized carbons (Fsp3) is 0.500. The van der Waals surface area contributed by atoms with Crippen molar-refractivity contribution in [3.63, 3.8) is 0 Å². The zero-order valence-electron chi connectivity index (χ0n) is 10.6. The van der Waals surface area contributed by atoms with E-state index in [1.165, 1.54) is 31.7 Å². The Labute approximate surface area is 121 Å². The van der Waals surface area contributed by atoms with E-state index in [0.29, 0.717) is 10.8 Å². The first-order valence-electron chi connectivity index (χ1n) is 6.76. The van der Waals surface area contributed by atoms with Crippen LogP contribution in [-0.4, -0.2) is 9.55 Å². The van der Waals surface area contributed by atoms with Crippen molar-refractivity contribution in [2.75, 3.05) is 0 Å². The number of imidazole rings is 1. The number of rotatable bonds is 1. The molecule has 102 valence electrons. The third kappa shape index (κ3) is 2.43. The van der Waals surface area contributed by atoms with E-state index in [2.05, 4.69) is 9.55 Å². The first-order chi connectivity index (χ1) is 9.16. The van der Waals surface area contributed by atoms with E-state index < -0.39 is 5.82 Å². The van der Waals surface area contributed by atoms with Crippen molar-refractivity contribution in [3.05, 3.63) is 27.7 Å². The predicted octanol–water partition coefficient (Wildman–Crippen LogP) is 5.39. The SMILES string of the molecule is Fc1cc2[nH]c(=S)n(C3CCCCCC3)c2cc1Cl. The van der Waals surface area contributed by atoms with E-state index in [4.69, 9.17) is 23.8 Å². The number of nitrogens with zero attached hydrogens (tertiary/aromatic N) is 1. The number of hydrogen-bond donors (Lipinski definition) is 1. The van der Waals surface area contributed by atoms with Gasteiger partial charge >= 0.3 is 0 Å². The second-order valence-electron chi connectivity index (χ2n) is 5.23. The monoisotopic (exact) mass is 298 g/mol. The maximum atomic E-state index is 13.5. The van der Waals surface area contributed by atoms with Crippen LogP contribution in [0.25, 0.3) is 11.0 Å². The van der Waals surface area contributed by atoms with Crippen molar-refractivity contribution < 1.29 is 4.39 Å². The fourth-order valence-electron chi connectivity index (χ4n) is 3.00. The molecule has 2 aromatic rings. The van der Waals surface area contributed by atoms with Crippen LogP contribution in [0.4, 0.5) is 4.39 Å². The molecule has 0 saturated heterocycles. The quantitative estimate of drug-likeness (QED) is 0.553. The molecule has 3 rings (SSSR count). The van der Waals surface area contributed by atoms with E-state index in [0.717, 1.165) is 23.9 Å². The van der Waals surface area contributed by atoms with Crippen LogP contribution in [-0.2, 0) is 0 Å². The molecule has 19 heavy (non-hydrogen) atoms. The zero-order valence-corrected chi connectivity index (χ0v) is 12.2. The molecule has 0 aliphatic heterocycles. The number of aromatic amines is 1. The first kappa shape index (κ1) is 13.1. The number of aromatic nitrogens is 2. The molecule has 5 heteroatoms. The maximum Gasteiger partial charge on any atom is 0.178 e. The average Bonchev–Trinajstić information content (AvgIpc) is 2.57. The molecule has 1 saturated carbocycles. The van der Waals surface area contributed by atoms with Crippen LogP contribution >= 0.6 is 23.8 Å². The van der Waals surface area contributed by atoms with E-state index in [1.54, 1.807) is 6.07 Å². The lowest BCUT2D eigenvalue weighted by Crippen LogP contribution is -2.08. The van der Waals surface area contributed by atoms with E-state index >= 15 is 0 Å². The number of halogens is 2. The predicted molar refractivity (Wildman–Crippen MR) is 78.8 cm³/mol. The molecule has 0 amide bonds. The largest absolute Gasteiger partial charge is 0.330 e. The molecule has 1 aliphatic rings. The molecule has 1 fully saturated rings. The van der Waals surface area contributed by atoms with Crippen molar-refractivity contribution in [1.29, 1.82) is 0 Å². The number of benzene rings is 1. The van der Waals surface area contributed by atoms with Gasteiger partial charge < -0.3 is 9.55 Å². The molecule has 2 nitrogen and oxygen atoms in total. The zero-order chi connectivity index (χ0) is 13.4. The van der Waals surface area contributed by atoms with Gasteiger partial charge in [0.25, 0.3) is 0 Å². The molecule has 0 spiro atoms. The first-order valence-corrected chi connectivity index (χ1v) is 7.54.